The molecule has 0 saturated heterocycles. The molecule has 2 saturated carbocycles. The van der Waals surface area contributed by atoms with Gasteiger partial charge < -0.3 is 4.90 Å². The number of rotatable bonds is 3. The summed E-state index contributed by atoms with van der Waals surface area (Å²) in [7, 11) is 2.36. The molecule has 0 heterocycles. The first-order chi connectivity index (χ1) is 6.33. The minimum Gasteiger partial charge on any atom is -0.300 e. The van der Waals surface area contributed by atoms with E-state index in [9.17, 15) is 0 Å². The largest absolute Gasteiger partial charge is 0.300 e. The normalized spacial score (nSPS) is 35.3. The van der Waals surface area contributed by atoms with E-state index >= 15 is 0 Å². The van der Waals surface area contributed by atoms with E-state index in [-0.39, 0.29) is 0 Å². The van der Waals surface area contributed by atoms with E-state index in [0.717, 1.165) is 18.0 Å². The minimum atomic E-state index is 0.922. The van der Waals surface area contributed by atoms with Gasteiger partial charge in [0.25, 0.3) is 0 Å². The minimum absolute atomic E-state index is 0.922. The van der Waals surface area contributed by atoms with Crippen molar-refractivity contribution in [3.05, 3.63) is 0 Å². The highest BCUT2D eigenvalue weighted by molar-refractivity contribution is 4.90. The Morgan fingerprint density at radius 1 is 1.08 bits per heavy atom. The molecule has 0 radical (unpaired) electrons. The molecule has 2 aliphatic rings. The zero-order valence-corrected chi connectivity index (χ0v) is 9.13. The third-order valence-corrected chi connectivity index (χ3v) is 4.04. The van der Waals surface area contributed by atoms with Gasteiger partial charge in [0.05, 0.1) is 0 Å². The molecular weight excluding hydrogens is 158 g/mol. The fraction of sp³-hybridized carbons (Fsp3) is 1.00. The molecule has 76 valence electrons. The molecule has 2 rings (SSSR count). The van der Waals surface area contributed by atoms with Crippen molar-refractivity contribution in [3.63, 3.8) is 0 Å². The van der Waals surface area contributed by atoms with Crippen molar-refractivity contribution in [3.8, 4) is 0 Å². The molecule has 0 N–H and O–H groups in total. The summed E-state index contributed by atoms with van der Waals surface area (Å²) in [6.07, 6.45) is 10.2. The van der Waals surface area contributed by atoms with Gasteiger partial charge in [0.2, 0.25) is 0 Å². The molecule has 2 aliphatic carbocycles. The molecule has 2 unspecified atom stereocenters. The van der Waals surface area contributed by atoms with Crippen molar-refractivity contribution in [2.45, 2.75) is 64.0 Å². The van der Waals surface area contributed by atoms with E-state index in [1.807, 2.05) is 0 Å². The van der Waals surface area contributed by atoms with Crippen molar-refractivity contribution in [2.24, 2.45) is 5.92 Å². The van der Waals surface area contributed by atoms with Crippen LogP contribution in [0.4, 0.5) is 0 Å². The van der Waals surface area contributed by atoms with Crippen LogP contribution in [0.2, 0.25) is 0 Å². The Morgan fingerprint density at radius 3 is 2.38 bits per heavy atom. The van der Waals surface area contributed by atoms with E-state index in [1.54, 1.807) is 0 Å². The van der Waals surface area contributed by atoms with Crippen molar-refractivity contribution in [1.29, 1.82) is 0 Å². The summed E-state index contributed by atoms with van der Waals surface area (Å²) in [5, 5.41) is 0. The maximum absolute atomic E-state index is 2.69. The first-order valence-corrected chi connectivity index (χ1v) is 6.05. The van der Waals surface area contributed by atoms with Crippen LogP contribution in [-0.2, 0) is 0 Å². The smallest absolute Gasteiger partial charge is 0.0123 e. The molecule has 2 fully saturated rings. The molecule has 13 heavy (non-hydrogen) atoms. The first-order valence-electron chi connectivity index (χ1n) is 6.05. The Kier molecular flexibility index (Phi) is 2.92. The Morgan fingerprint density at radius 2 is 1.77 bits per heavy atom. The molecular formula is C12H23N. The number of hydrogen-bond acceptors (Lipinski definition) is 1. The Bertz CT molecular complexity index is 161. The SMILES string of the molecule is CCC1CCCCC1N(C)C1CC1. The van der Waals surface area contributed by atoms with Gasteiger partial charge >= 0.3 is 0 Å². The van der Waals surface area contributed by atoms with Gasteiger partial charge in [-0.25, -0.2) is 0 Å². The van der Waals surface area contributed by atoms with Gasteiger partial charge in [-0.15, -0.1) is 0 Å². The average Bonchev–Trinajstić information content (AvgIpc) is 3.00. The van der Waals surface area contributed by atoms with E-state index in [2.05, 4.69) is 18.9 Å². The fourth-order valence-electron chi connectivity index (χ4n) is 2.95. The molecule has 0 aromatic heterocycles. The van der Waals surface area contributed by atoms with Crippen LogP contribution >= 0.6 is 0 Å². The topological polar surface area (TPSA) is 3.24 Å². The van der Waals surface area contributed by atoms with Gasteiger partial charge in [-0.2, -0.15) is 0 Å². The summed E-state index contributed by atoms with van der Waals surface area (Å²) in [6.45, 7) is 2.36. The monoisotopic (exact) mass is 181 g/mol. The van der Waals surface area contributed by atoms with Crippen LogP contribution in [0.1, 0.15) is 51.9 Å². The van der Waals surface area contributed by atoms with Crippen LogP contribution in [0.5, 0.6) is 0 Å². The van der Waals surface area contributed by atoms with Gasteiger partial charge in [-0.3, -0.25) is 0 Å². The third-order valence-electron chi connectivity index (χ3n) is 4.04. The zero-order valence-electron chi connectivity index (χ0n) is 9.13. The second-order valence-electron chi connectivity index (χ2n) is 4.92. The van der Waals surface area contributed by atoms with Crippen molar-refractivity contribution in [2.75, 3.05) is 7.05 Å². The summed E-state index contributed by atoms with van der Waals surface area (Å²) < 4.78 is 0. The first kappa shape index (κ1) is 9.51. The summed E-state index contributed by atoms with van der Waals surface area (Å²) in [5.41, 5.74) is 0. The molecule has 0 aliphatic heterocycles. The Labute approximate surface area is 82.5 Å². The molecule has 0 bridgehead atoms. The van der Waals surface area contributed by atoms with Crippen LogP contribution in [0.25, 0.3) is 0 Å². The van der Waals surface area contributed by atoms with Gasteiger partial charge in [0.1, 0.15) is 0 Å². The van der Waals surface area contributed by atoms with Crippen LogP contribution < -0.4 is 0 Å². The lowest BCUT2D eigenvalue weighted by Gasteiger charge is -2.37. The average molecular weight is 181 g/mol. The van der Waals surface area contributed by atoms with Crippen LogP contribution in [0, 0.1) is 5.92 Å². The summed E-state index contributed by atoms with van der Waals surface area (Å²) >= 11 is 0. The molecule has 1 nitrogen and oxygen atoms in total. The van der Waals surface area contributed by atoms with E-state index < -0.39 is 0 Å². The highest BCUT2D eigenvalue weighted by Crippen LogP contribution is 2.36. The van der Waals surface area contributed by atoms with Crippen molar-refractivity contribution < 1.29 is 0 Å². The second kappa shape index (κ2) is 4.00. The maximum atomic E-state index is 2.69. The summed E-state index contributed by atoms with van der Waals surface area (Å²) in [5.74, 6) is 0.999. The third kappa shape index (κ3) is 2.07. The lowest BCUT2D eigenvalue weighted by atomic mass is 9.82. The van der Waals surface area contributed by atoms with Crippen molar-refractivity contribution in [1.82, 2.24) is 4.90 Å². The highest BCUT2D eigenvalue weighted by atomic mass is 15.2. The lowest BCUT2D eigenvalue weighted by molar-refractivity contribution is 0.120. The second-order valence-corrected chi connectivity index (χ2v) is 4.92. The highest BCUT2D eigenvalue weighted by Gasteiger charge is 2.35. The van der Waals surface area contributed by atoms with Crippen LogP contribution in [0.15, 0.2) is 0 Å². The Balaban J connectivity index is 1.92. The predicted molar refractivity (Wildman–Crippen MR) is 56.8 cm³/mol. The Hall–Kier alpha value is -0.0400. The lowest BCUT2D eigenvalue weighted by Crippen LogP contribution is -2.41. The van der Waals surface area contributed by atoms with Crippen LogP contribution in [0.3, 0.4) is 0 Å². The molecule has 0 aromatic rings. The molecule has 2 atom stereocenters. The van der Waals surface area contributed by atoms with Crippen molar-refractivity contribution >= 4 is 0 Å². The molecule has 0 amide bonds. The molecule has 0 aromatic carbocycles. The van der Waals surface area contributed by atoms with Gasteiger partial charge in [-0.05, 0) is 38.6 Å². The van der Waals surface area contributed by atoms with Gasteiger partial charge in [-0.1, -0.05) is 26.2 Å². The molecule has 1 heteroatoms. The fourth-order valence-corrected chi connectivity index (χ4v) is 2.95. The quantitative estimate of drug-likeness (QED) is 0.647. The van der Waals surface area contributed by atoms with E-state index in [4.69, 9.17) is 0 Å². The summed E-state index contributed by atoms with van der Waals surface area (Å²) in [4.78, 5) is 2.69. The number of hydrogen-bond donors (Lipinski definition) is 0. The van der Waals surface area contributed by atoms with E-state index in [0.29, 0.717) is 0 Å². The maximum Gasteiger partial charge on any atom is 0.0123 e. The standard InChI is InChI=1S/C12H23N/c1-3-10-6-4-5-7-12(10)13(2)11-8-9-11/h10-12H,3-9H2,1-2H3. The van der Waals surface area contributed by atoms with Crippen LogP contribution in [-0.4, -0.2) is 24.0 Å². The van der Waals surface area contributed by atoms with Gasteiger partial charge in [0.15, 0.2) is 0 Å². The number of nitrogens with zero attached hydrogens (tertiary/aromatic N) is 1. The predicted octanol–water partition coefficient (Wildman–Crippen LogP) is 3.05. The molecule has 0 spiro atoms. The summed E-state index contributed by atoms with van der Waals surface area (Å²) in [6, 6.07) is 1.88. The van der Waals surface area contributed by atoms with Gasteiger partial charge in [0, 0.05) is 12.1 Å². The van der Waals surface area contributed by atoms with E-state index in [1.165, 1.54) is 44.9 Å². The zero-order chi connectivity index (χ0) is 9.26.